The first kappa shape index (κ1) is 21.2. The van der Waals surface area contributed by atoms with E-state index >= 15 is 0 Å². The summed E-state index contributed by atoms with van der Waals surface area (Å²) in [7, 11) is 0. The van der Waals surface area contributed by atoms with E-state index in [2.05, 4.69) is 53.1 Å². The number of likely N-dealkylation sites (N-methyl/N-ethyl adjacent to an activating group) is 1. The van der Waals surface area contributed by atoms with Gasteiger partial charge in [-0.2, -0.15) is 0 Å². The molecule has 2 bridgehead atoms. The maximum Gasteiger partial charge on any atom is 0.165 e. The number of nitrogens with zero attached hydrogens (tertiary/aromatic N) is 2. The average molecular weight is 461 g/mol. The molecule has 1 spiro atoms. The first-order valence-corrected chi connectivity index (χ1v) is 13.3. The van der Waals surface area contributed by atoms with Crippen molar-refractivity contribution in [3.05, 3.63) is 59.2 Å². The van der Waals surface area contributed by atoms with Gasteiger partial charge in [-0.25, -0.2) is 0 Å². The van der Waals surface area contributed by atoms with Gasteiger partial charge >= 0.3 is 0 Å². The van der Waals surface area contributed by atoms with Gasteiger partial charge in [-0.05, 0) is 74.7 Å². The van der Waals surface area contributed by atoms with E-state index in [1.165, 1.54) is 24.0 Å². The third-order valence-corrected chi connectivity index (χ3v) is 9.84. The Hall–Kier alpha value is -2.08. The molecule has 3 aliphatic carbocycles. The van der Waals surface area contributed by atoms with Gasteiger partial charge in [-0.15, -0.1) is 0 Å². The Morgan fingerprint density at radius 3 is 2.68 bits per heavy atom. The molecule has 5 heteroatoms. The molecule has 2 saturated carbocycles. The van der Waals surface area contributed by atoms with Crippen molar-refractivity contribution in [2.75, 3.05) is 19.6 Å². The first-order chi connectivity index (χ1) is 16.5. The Labute approximate surface area is 202 Å². The van der Waals surface area contributed by atoms with Crippen molar-refractivity contribution in [3.63, 3.8) is 0 Å². The normalized spacial score (nSPS) is 35.8. The van der Waals surface area contributed by atoms with Crippen LogP contribution in [0.15, 0.2) is 42.5 Å². The quantitative estimate of drug-likeness (QED) is 0.686. The van der Waals surface area contributed by atoms with E-state index < -0.39 is 11.0 Å². The first-order valence-electron chi connectivity index (χ1n) is 13.3. The number of rotatable bonds is 6. The van der Waals surface area contributed by atoms with E-state index in [0.717, 1.165) is 63.3 Å². The Balaban J connectivity index is 1.32. The van der Waals surface area contributed by atoms with Crippen LogP contribution in [0, 0.1) is 5.92 Å². The lowest BCUT2D eigenvalue weighted by molar-refractivity contribution is -0.201. The van der Waals surface area contributed by atoms with Crippen molar-refractivity contribution in [2.24, 2.45) is 5.92 Å². The average Bonchev–Trinajstić information content (AvgIpc) is 3.59. The predicted octanol–water partition coefficient (Wildman–Crippen LogP) is 3.85. The molecule has 3 unspecified atom stereocenters. The highest BCUT2D eigenvalue weighted by Gasteiger charge is 2.73. The van der Waals surface area contributed by atoms with Gasteiger partial charge in [0, 0.05) is 30.7 Å². The Morgan fingerprint density at radius 1 is 1.09 bits per heavy atom. The fourth-order valence-electron chi connectivity index (χ4n) is 8.11. The molecule has 2 heterocycles. The van der Waals surface area contributed by atoms with E-state index in [-0.39, 0.29) is 23.9 Å². The lowest BCUT2D eigenvalue weighted by atomic mass is 9.48. The minimum absolute atomic E-state index is 0.136. The zero-order chi connectivity index (χ0) is 23.1. The maximum absolute atomic E-state index is 12.6. The van der Waals surface area contributed by atoms with Crippen LogP contribution in [0.25, 0.3) is 0 Å². The third kappa shape index (κ3) is 2.78. The number of aromatic hydroxyl groups is 1. The summed E-state index contributed by atoms with van der Waals surface area (Å²) in [6, 6.07) is 14.9. The Kier molecular flexibility index (Phi) is 4.66. The molecule has 5 atom stereocenters. The number of aliphatic hydroxyl groups is 1. The molecule has 0 amide bonds. The second-order valence-electron chi connectivity index (χ2n) is 11.4. The molecule has 2 aromatic rings. The molecule has 2 aliphatic heterocycles. The van der Waals surface area contributed by atoms with Gasteiger partial charge < -0.3 is 14.9 Å². The molecule has 1 saturated heterocycles. The van der Waals surface area contributed by atoms with Gasteiger partial charge in [-0.1, -0.05) is 43.3 Å². The highest BCUT2D eigenvalue weighted by Crippen LogP contribution is 2.66. The molecule has 3 fully saturated rings. The minimum Gasteiger partial charge on any atom is -0.504 e. The lowest BCUT2D eigenvalue weighted by Crippen LogP contribution is -2.78. The molecule has 5 aliphatic rings. The predicted molar refractivity (Wildman–Crippen MR) is 131 cm³/mol. The number of hydrogen-bond donors (Lipinski definition) is 2. The zero-order valence-corrected chi connectivity index (χ0v) is 20.1. The fraction of sp³-hybridized carbons (Fsp3) is 0.586. The summed E-state index contributed by atoms with van der Waals surface area (Å²) in [5.41, 5.74) is 2.47. The second-order valence-corrected chi connectivity index (χ2v) is 11.4. The molecule has 0 aromatic heterocycles. The van der Waals surface area contributed by atoms with Gasteiger partial charge in [-0.3, -0.25) is 9.80 Å². The number of ether oxygens (including phenoxy) is 1. The number of benzene rings is 2. The summed E-state index contributed by atoms with van der Waals surface area (Å²) >= 11 is 0. The van der Waals surface area contributed by atoms with Crippen molar-refractivity contribution in [3.8, 4) is 11.5 Å². The summed E-state index contributed by atoms with van der Waals surface area (Å²) in [5, 5.41) is 23.5. The summed E-state index contributed by atoms with van der Waals surface area (Å²) in [4.78, 5) is 5.15. The van der Waals surface area contributed by atoms with E-state index in [4.69, 9.17) is 4.74 Å². The van der Waals surface area contributed by atoms with Crippen molar-refractivity contribution in [1.82, 2.24) is 9.80 Å². The second kappa shape index (κ2) is 7.46. The molecule has 2 N–H and O–H groups in total. The van der Waals surface area contributed by atoms with Crippen LogP contribution in [0.1, 0.15) is 55.7 Å². The van der Waals surface area contributed by atoms with Crippen LogP contribution in [0.4, 0.5) is 0 Å². The molecule has 2 aromatic carbocycles. The van der Waals surface area contributed by atoms with E-state index in [9.17, 15) is 10.2 Å². The van der Waals surface area contributed by atoms with Crippen LogP contribution >= 0.6 is 0 Å². The highest BCUT2D eigenvalue weighted by atomic mass is 16.5. The SMILES string of the molecule is CCN(Cc1ccccc1)C1CCC2(O)[C@H]3Cc4ccc(O)c5c4[C@@]2(CCN3CC2CC2)C1O5. The summed E-state index contributed by atoms with van der Waals surface area (Å²) < 4.78 is 6.77. The molecule has 7 rings (SSSR count). The van der Waals surface area contributed by atoms with Crippen LogP contribution in [0.3, 0.4) is 0 Å². The molecule has 5 nitrogen and oxygen atoms in total. The van der Waals surface area contributed by atoms with Crippen molar-refractivity contribution >= 4 is 0 Å². The van der Waals surface area contributed by atoms with Gasteiger partial charge in [0.15, 0.2) is 11.5 Å². The topological polar surface area (TPSA) is 56.2 Å². The van der Waals surface area contributed by atoms with Gasteiger partial charge in [0.25, 0.3) is 0 Å². The summed E-state index contributed by atoms with van der Waals surface area (Å²) in [6.45, 7) is 6.17. The van der Waals surface area contributed by atoms with Crippen LogP contribution in [-0.2, 0) is 18.4 Å². The van der Waals surface area contributed by atoms with Gasteiger partial charge in [0.2, 0.25) is 0 Å². The van der Waals surface area contributed by atoms with Crippen molar-refractivity contribution in [1.29, 1.82) is 0 Å². The van der Waals surface area contributed by atoms with Crippen molar-refractivity contribution in [2.45, 2.75) is 81.2 Å². The van der Waals surface area contributed by atoms with Crippen LogP contribution < -0.4 is 4.74 Å². The van der Waals surface area contributed by atoms with E-state index in [1.54, 1.807) is 0 Å². The third-order valence-electron chi connectivity index (χ3n) is 9.84. The van der Waals surface area contributed by atoms with Gasteiger partial charge in [0.05, 0.1) is 11.0 Å². The van der Waals surface area contributed by atoms with Crippen LogP contribution in [-0.4, -0.2) is 63.4 Å². The van der Waals surface area contributed by atoms with Crippen LogP contribution in [0.2, 0.25) is 0 Å². The van der Waals surface area contributed by atoms with Gasteiger partial charge in [0.1, 0.15) is 6.10 Å². The maximum atomic E-state index is 12.6. The number of phenols is 1. The van der Waals surface area contributed by atoms with E-state index in [1.807, 2.05) is 6.07 Å². The number of piperidine rings is 1. The fourth-order valence-corrected chi connectivity index (χ4v) is 8.11. The number of hydrogen-bond acceptors (Lipinski definition) is 5. The standard InChI is InChI=1S/C29H36N2O3/c1-2-30(17-19-6-4-3-5-7-19)22-12-13-29(33)24-16-21-10-11-23(32)26-25(21)28(29,27(22)34-26)14-15-31(24)18-20-8-9-20/h3-7,10-11,20,22,24,27,32-33H,2,8-9,12-18H2,1H3/t22?,24-,27?,28+,29?/m1/s1. The Morgan fingerprint density at radius 2 is 1.91 bits per heavy atom. The number of phenolic OH excluding ortho intramolecular Hbond substituents is 1. The monoisotopic (exact) mass is 460 g/mol. The summed E-state index contributed by atoms with van der Waals surface area (Å²) in [5.74, 6) is 1.69. The number of likely N-dealkylation sites (tertiary alicyclic amines) is 1. The summed E-state index contributed by atoms with van der Waals surface area (Å²) in [6.07, 6.45) is 6.00. The van der Waals surface area contributed by atoms with Crippen LogP contribution in [0.5, 0.6) is 11.5 Å². The molecular formula is C29H36N2O3. The molecule has 34 heavy (non-hydrogen) atoms. The largest absolute Gasteiger partial charge is 0.504 e. The lowest BCUT2D eigenvalue weighted by Gasteiger charge is -2.65. The Bertz CT molecular complexity index is 1100. The highest BCUT2D eigenvalue weighted by molar-refractivity contribution is 5.62. The minimum atomic E-state index is -0.806. The molecular weight excluding hydrogens is 424 g/mol. The molecule has 0 radical (unpaired) electrons. The van der Waals surface area contributed by atoms with Crippen molar-refractivity contribution < 1.29 is 14.9 Å². The molecule has 180 valence electrons. The van der Waals surface area contributed by atoms with E-state index in [0.29, 0.717) is 5.75 Å². The smallest absolute Gasteiger partial charge is 0.165 e. The zero-order valence-electron chi connectivity index (χ0n) is 20.1.